The molecule has 0 spiro atoms. The summed E-state index contributed by atoms with van der Waals surface area (Å²) in [6.07, 6.45) is 23.9. The van der Waals surface area contributed by atoms with Crippen molar-refractivity contribution >= 4 is 40.0 Å². The number of carbonyl (C=O) groups is 1. The third-order valence-electron chi connectivity index (χ3n) is 15.6. The summed E-state index contributed by atoms with van der Waals surface area (Å²) in [6, 6.07) is 15.9. The first-order valence-electron chi connectivity index (χ1n) is 25.4. The van der Waals surface area contributed by atoms with Gasteiger partial charge in [-0.05, 0) is 124 Å². The molecule has 0 unspecified atom stereocenters. The Morgan fingerprint density at radius 2 is 1.52 bits per heavy atom. The Balaban J connectivity index is 0.655. The number of carbonyl (C=O) groups excluding carboxylic acids is 1. The number of anilines is 4. The van der Waals surface area contributed by atoms with Crippen LogP contribution in [0.1, 0.15) is 115 Å². The summed E-state index contributed by atoms with van der Waals surface area (Å²) < 4.78 is 7.56. The molecule has 10 rings (SSSR count). The second kappa shape index (κ2) is 21.3. The topological polar surface area (TPSA) is 129 Å². The van der Waals surface area contributed by atoms with Crippen LogP contribution in [0.4, 0.5) is 23.0 Å². The first-order valence-corrected chi connectivity index (χ1v) is 25.4. The summed E-state index contributed by atoms with van der Waals surface area (Å²) in [5, 5.41) is 14.3. The molecule has 4 N–H and O–H groups in total. The zero-order chi connectivity index (χ0) is 44.6. The van der Waals surface area contributed by atoms with Gasteiger partial charge in [0.05, 0.1) is 18.5 Å². The summed E-state index contributed by atoms with van der Waals surface area (Å²) in [5.41, 5.74) is 5.26. The van der Waals surface area contributed by atoms with Crippen molar-refractivity contribution in [3.8, 4) is 11.4 Å². The Hall–Kier alpha value is -4.68. The highest BCUT2D eigenvalue weighted by Gasteiger charge is 2.51. The number of fused-ring (bicyclic) bond motifs is 1. The lowest BCUT2D eigenvalue weighted by atomic mass is 9.49. The molecule has 2 aromatic carbocycles. The van der Waals surface area contributed by atoms with E-state index in [0.29, 0.717) is 28.8 Å². The van der Waals surface area contributed by atoms with Gasteiger partial charge >= 0.3 is 0 Å². The minimum atomic E-state index is -0.133. The van der Waals surface area contributed by atoms with Gasteiger partial charge in [0, 0.05) is 99.8 Å². The quantitative estimate of drug-likeness (QED) is 0.0536. The third-order valence-corrected chi connectivity index (χ3v) is 15.6. The lowest BCUT2D eigenvalue weighted by Crippen LogP contribution is -2.48. The second-order valence-electron chi connectivity index (χ2n) is 20.7. The van der Waals surface area contributed by atoms with Crippen molar-refractivity contribution in [3.05, 3.63) is 70.6 Å². The molecule has 4 bridgehead atoms. The van der Waals surface area contributed by atoms with Gasteiger partial charge in [-0.3, -0.25) is 19.1 Å². The summed E-state index contributed by atoms with van der Waals surface area (Å²) in [7, 11) is 1.69. The smallest absolute Gasteiger partial charge is 0.257 e. The highest BCUT2D eigenvalue weighted by Crippen LogP contribution is 2.61. The van der Waals surface area contributed by atoms with Crippen molar-refractivity contribution in [3.63, 3.8) is 0 Å². The van der Waals surface area contributed by atoms with E-state index in [1.54, 1.807) is 23.9 Å². The lowest BCUT2D eigenvalue weighted by molar-refractivity contribution is -0.129. The molecule has 350 valence electrons. The average molecular weight is 886 g/mol. The second-order valence-corrected chi connectivity index (χ2v) is 20.7. The standard InChI is InChI=1S/C53H75N9O3/c1-38-24-50(64)62(45-15-13-14-43(28-45)56-36-42-34-54-35-42)51-46(38)37-57-52(59-51)58-47-17-16-44(29-48(47)65-2)61-22-20-60(21-23-61)19-12-10-8-6-4-3-5-7-9-11-18-55-49(63)33-53-30-39-25-40(31-53)27-41(26-39)32-53/h13-17,24,28-29,37,39-42,54,56H,3-12,18-23,25-27,30-36H2,1-2H3,(H,55,63)(H,57,58,59). The maximum absolute atomic E-state index is 13.5. The van der Waals surface area contributed by atoms with Crippen LogP contribution in [-0.2, 0) is 4.79 Å². The molecule has 0 atom stereocenters. The molecule has 2 aliphatic heterocycles. The van der Waals surface area contributed by atoms with Crippen molar-refractivity contribution in [2.75, 3.05) is 81.5 Å². The van der Waals surface area contributed by atoms with E-state index < -0.39 is 0 Å². The number of nitrogens with zero attached hydrogens (tertiary/aromatic N) is 5. The Morgan fingerprint density at radius 1 is 0.831 bits per heavy atom. The van der Waals surface area contributed by atoms with Crippen molar-refractivity contribution in [1.82, 2.24) is 30.1 Å². The zero-order valence-electron chi connectivity index (χ0n) is 39.4. The number of ether oxygens (including phenoxy) is 1. The largest absolute Gasteiger partial charge is 0.494 e. The number of pyridine rings is 1. The normalized spacial score (nSPS) is 22.9. The van der Waals surface area contributed by atoms with Crippen LogP contribution in [0.5, 0.6) is 5.75 Å². The van der Waals surface area contributed by atoms with E-state index in [9.17, 15) is 9.59 Å². The van der Waals surface area contributed by atoms with Gasteiger partial charge in [-0.15, -0.1) is 0 Å². The molecule has 4 heterocycles. The molecule has 65 heavy (non-hydrogen) atoms. The minimum Gasteiger partial charge on any atom is -0.494 e. The number of aryl methyl sites for hydroxylation is 1. The van der Waals surface area contributed by atoms with Gasteiger partial charge in [0.1, 0.15) is 5.75 Å². The first-order chi connectivity index (χ1) is 31.8. The van der Waals surface area contributed by atoms with E-state index in [-0.39, 0.29) is 5.56 Å². The van der Waals surface area contributed by atoms with Crippen LogP contribution >= 0.6 is 0 Å². The number of nitrogens with one attached hydrogen (secondary N) is 4. The molecule has 4 aromatic rings. The number of hydrogen-bond acceptors (Lipinski definition) is 10. The molecule has 12 heteroatoms. The van der Waals surface area contributed by atoms with Gasteiger partial charge in [0.2, 0.25) is 11.9 Å². The number of hydrogen-bond donors (Lipinski definition) is 4. The van der Waals surface area contributed by atoms with Crippen LogP contribution in [0.2, 0.25) is 0 Å². The van der Waals surface area contributed by atoms with Crippen LogP contribution < -0.4 is 36.5 Å². The SMILES string of the molecule is COc1cc(N2CCN(CCCCCCCCCCCCNC(=O)CC34CC5CC(CC(C5)C3)C4)CC2)ccc1Nc1ncc2c(C)cc(=O)n(-c3cccc(NCC4CNC4)c3)c2n1. The zero-order valence-corrected chi connectivity index (χ0v) is 39.4. The fraction of sp³-hybridized carbons (Fsp3) is 0.623. The predicted octanol–water partition coefficient (Wildman–Crippen LogP) is 9.22. The fourth-order valence-corrected chi connectivity index (χ4v) is 12.4. The van der Waals surface area contributed by atoms with Gasteiger partial charge in [0.15, 0.2) is 5.65 Å². The molecule has 1 amide bonds. The molecule has 6 aliphatic rings. The number of aromatic nitrogens is 3. The van der Waals surface area contributed by atoms with Crippen LogP contribution in [0.25, 0.3) is 16.7 Å². The van der Waals surface area contributed by atoms with E-state index in [0.717, 1.165) is 122 Å². The van der Waals surface area contributed by atoms with E-state index >= 15 is 0 Å². The molecule has 4 aliphatic carbocycles. The summed E-state index contributed by atoms with van der Waals surface area (Å²) in [5.74, 6) is 4.83. The summed E-state index contributed by atoms with van der Waals surface area (Å²) in [4.78, 5) is 40.9. The number of unbranched alkanes of at least 4 members (excludes halogenated alkanes) is 9. The number of benzene rings is 2. The number of piperazine rings is 1. The Bertz CT molecular complexity index is 2250. The molecule has 2 saturated heterocycles. The van der Waals surface area contributed by atoms with Crippen LogP contribution in [0.3, 0.4) is 0 Å². The van der Waals surface area contributed by atoms with Gasteiger partial charge < -0.3 is 30.9 Å². The Kier molecular flexibility index (Phi) is 14.9. The molecule has 6 fully saturated rings. The van der Waals surface area contributed by atoms with Crippen LogP contribution in [0.15, 0.2) is 59.5 Å². The Labute approximate surface area is 387 Å². The third kappa shape index (κ3) is 11.5. The number of amides is 1. The van der Waals surface area contributed by atoms with Crippen molar-refractivity contribution < 1.29 is 9.53 Å². The maximum atomic E-state index is 13.5. The van der Waals surface area contributed by atoms with E-state index in [2.05, 4.69) is 48.2 Å². The minimum absolute atomic E-state index is 0.133. The molecule has 2 aromatic heterocycles. The highest BCUT2D eigenvalue weighted by atomic mass is 16.5. The maximum Gasteiger partial charge on any atom is 0.257 e. The fourth-order valence-electron chi connectivity index (χ4n) is 12.4. The van der Waals surface area contributed by atoms with E-state index in [1.807, 2.05) is 37.3 Å². The van der Waals surface area contributed by atoms with Gasteiger partial charge in [-0.2, -0.15) is 4.98 Å². The van der Waals surface area contributed by atoms with Gasteiger partial charge in [-0.25, -0.2) is 4.98 Å². The average Bonchev–Trinajstić information content (AvgIpc) is 3.27. The molecule has 4 saturated carbocycles. The van der Waals surface area contributed by atoms with Crippen LogP contribution in [0, 0.1) is 36.0 Å². The van der Waals surface area contributed by atoms with Gasteiger partial charge in [0.25, 0.3) is 5.56 Å². The molecule has 12 nitrogen and oxygen atoms in total. The van der Waals surface area contributed by atoms with E-state index in [4.69, 9.17) is 9.72 Å². The van der Waals surface area contributed by atoms with Crippen molar-refractivity contribution in [2.24, 2.45) is 29.1 Å². The van der Waals surface area contributed by atoms with Crippen LogP contribution in [-0.4, -0.2) is 91.4 Å². The summed E-state index contributed by atoms with van der Waals surface area (Å²) in [6.45, 7) is 11.0. The molecular formula is C53H75N9O3. The first kappa shape index (κ1) is 45.5. The highest BCUT2D eigenvalue weighted by molar-refractivity contribution is 5.81. The monoisotopic (exact) mass is 886 g/mol. The predicted molar refractivity (Wildman–Crippen MR) is 264 cm³/mol. The Morgan fingerprint density at radius 3 is 2.20 bits per heavy atom. The van der Waals surface area contributed by atoms with Crippen molar-refractivity contribution in [2.45, 2.75) is 116 Å². The number of methoxy groups -OCH3 is 1. The van der Waals surface area contributed by atoms with E-state index in [1.165, 1.54) is 103 Å². The molecular weight excluding hydrogens is 811 g/mol. The van der Waals surface area contributed by atoms with Crippen molar-refractivity contribution in [1.29, 1.82) is 0 Å². The summed E-state index contributed by atoms with van der Waals surface area (Å²) >= 11 is 0. The molecule has 0 radical (unpaired) electrons. The number of rotatable bonds is 23. The van der Waals surface area contributed by atoms with Gasteiger partial charge in [-0.1, -0.05) is 57.4 Å². The lowest BCUT2D eigenvalue weighted by Gasteiger charge is -2.56.